The Morgan fingerprint density at radius 1 is 1.00 bits per heavy atom. The Morgan fingerprint density at radius 3 is 2.29 bits per heavy atom. The van der Waals surface area contributed by atoms with E-state index in [9.17, 15) is 18.0 Å². The predicted octanol–water partition coefficient (Wildman–Crippen LogP) is 5.11. The summed E-state index contributed by atoms with van der Waals surface area (Å²) in [4.78, 5) is 14.0. The Kier molecular flexibility index (Phi) is 4.47. The zero-order chi connectivity index (χ0) is 17.3. The summed E-state index contributed by atoms with van der Waals surface area (Å²) in [6.07, 6.45) is -3.25. The fraction of sp³-hybridized carbons (Fsp3) is 0.0588. The first kappa shape index (κ1) is 16.7. The Morgan fingerprint density at radius 2 is 1.62 bits per heavy atom. The molecule has 2 aromatic carbocycles. The molecule has 0 bridgehead atoms. The molecule has 0 unspecified atom stereocenters. The second kappa shape index (κ2) is 6.41. The molecule has 3 rings (SSSR count). The van der Waals surface area contributed by atoms with E-state index >= 15 is 0 Å². The summed E-state index contributed by atoms with van der Waals surface area (Å²) in [5.74, 6) is -0.423. The van der Waals surface area contributed by atoms with Crippen molar-refractivity contribution in [1.29, 1.82) is 0 Å². The van der Waals surface area contributed by atoms with E-state index in [0.29, 0.717) is 10.0 Å². The van der Waals surface area contributed by atoms with E-state index in [-0.39, 0.29) is 10.5 Å². The first-order valence-electron chi connectivity index (χ1n) is 6.87. The van der Waals surface area contributed by atoms with Gasteiger partial charge >= 0.3 is 6.18 Å². The van der Waals surface area contributed by atoms with Gasteiger partial charge in [0.25, 0.3) is 5.91 Å². The largest absolute Gasteiger partial charge is 0.416 e. The molecule has 0 N–H and O–H groups in total. The van der Waals surface area contributed by atoms with Crippen LogP contribution in [0.4, 0.5) is 18.9 Å². The first-order chi connectivity index (χ1) is 11.4. The number of anilines is 1. The van der Waals surface area contributed by atoms with Gasteiger partial charge in [0.1, 0.15) is 0 Å². The van der Waals surface area contributed by atoms with Gasteiger partial charge in [-0.2, -0.15) is 13.2 Å². The highest BCUT2D eigenvalue weighted by Gasteiger charge is 2.36. The molecule has 1 heterocycles. The number of benzene rings is 2. The third kappa shape index (κ3) is 3.22. The van der Waals surface area contributed by atoms with Crippen molar-refractivity contribution in [2.45, 2.75) is 6.18 Å². The molecular formula is C17H10F3NOS2. The van der Waals surface area contributed by atoms with Crippen molar-refractivity contribution in [3.8, 4) is 0 Å². The lowest BCUT2D eigenvalue weighted by atomic mass is 10.1. The van der Waals surface area contributed by atoms with Gasteiger partial charge in [0.2, 0.25) is 0 Å². The molecule has 0 aliphatic carbocycles. The van der Waals surface area contributed by atoms with Crippen LogP contribution in [-0.4, -0.2) is 10.2 Å². The monoisotopic (exact) mass is 365 g/mol. The number of hydrogen-bond donors (Lipinski definition) is 0. The molecule has 0 atom stereocenters. The maximum Gasteiger partial charge on any atom is 0.416 e. The number of hydrogen-bond acceptors (Lipinski definition) is 3. The summed E-state index contributed by atoms with van der Waals surface area (Å²) in [5, 5.41) is 0. The summed E-state index contributed by atoms with van der Waals surface area (Å²) < 4.78 is 39.5. The SMILES string of the molecule is O=C1/C(=C/c2ccccc2C(F)(F)F)SC(=S)N1c1ccccc1. The standard InChI is InChI=1S/C17H10F3NOS2/c18-17(19,20)13-9-5-4-6-11(13)10-14-15(22)21(16(23)24-14)12-7-2-1-3-8-12/h1-10H/b14-10-. The number of thiocarbonyl (C=S) groups is 1. The van der Waals surface area contributed by atoms with Crippen LogP contribution in [0, 0.1) is 0 Å². The molecule has 0 saturated carbocycles. The van der Waals surface area contributed by atoms with Crippen molar-refractivity contribution in [3.63, 3.8) is 0 Å². The van der Waals surface area contributed by atoms with Crippen molar-refractivity contribution in [1.82, 2.24) is 0 Å². The molecule has 7 heteroatoms. The van der Waals surface area contributed by atoms with Gasteiger partial charge in [-0.05, 0) is 29.8 Å². The Labute approximate surface area is 146 Å². The van der Waals surface area contributed by atoms with E-state index < -0.39 is 17.6 Å². The van der Waals surface area contributed by atoms with Crippen molar-refractivity contribution >= 4 is 46.0 Å². The minimum absolute atomic E-state index is 0.0569. The number of rotatable bonds is 2. The first-order valence-corrected chi connectivity index (χ1v) is 8.09. The Hall–Kier alpha value is -2.12. The average Bonchev–Trinajstić information content (AvgIpc) is 2.82. The van der Waals surface area contributed by atoms with Crippen LogP contribution in [0.5, 0.6) is 0 Å². The van der Waals surface area contributed by atoms with Gasteiger partial charge in [0.05, 0.1) is 16.2 Å². The van der Waals surface area contributed by atoms with Crippen LogP contribution in [-0.2, 0) is 11.0 Å². The van der Waals surface area contributed by atoms with Crippen molar-refractivity contribution in [2.24, 2.45) is 0 Å². The van der Waals surface area contributed by atoms with Gasteiger partial charge in [-0.3, -0.25) is 9.69 Å². The highest BCUT2D eigenvalue weighted by molar-refractivity contribution is 8.27. The van der Waals surface area contributed by atoms with Crippen molar-refractivity contribution in [2.75, 3.05) is 4.90 Å². The molecular weight excluding hydrogens is 355 g/mol. The maximum absolute atomic E-state index is 13.1. The molecule has 1 aliphatic heterocycles. The van der Waals surface area contributed by atoms with Crippen LogP contribution in [0.1, 0.15) is 11.1 Å². The second-order valence-electron chi connectivity index (χ2n) is 4.94. The van der Waals surface area contributed by atoms with Gasteiger partial charge < -0.3 is 0 Å². The summed E-state index contributed by atoms with van der Waals surface area (Å²) in [6, 6.07) is 13.9. The lowest BCUT2D eigenvalue weighted by Gasteiger charge is -2.14. The molecule has 0 spiro atoms. The van der Waals surface area contributed by atoms with Crippen LogP contribution in [0.2, 0.25) is 0 Å². The molecule has 1 aliphatic rings. The van der Waals surface area contributed by atoms with Crippen LogP contribution in [0.15, 0.2) is 59.5 Å². The van der Waals surface area contributed by atoms with Gasteiger partial charge in [-0.25, -0.2) is 0 Å². The van der Waals surface area contributed by atoms with Gasteiger partial charge in [0.15, 0.2) is 4.32 Å². The zero-order valence-corrected chi connectivity index (χ0v) is 13.7. The van der Waals surface area contributed by atoms with Crippen LogP contribution < -0.4 is 4.90 Å². The van der Waals surface area contributed by atoms with E-state index in [0.717, 1.165) is 17.8 Å². The number of halogens is 3. The maximum atomic E-state index is 13.1. The van der Waals surface area contributed by atoms with E-state index in [1.165, 1.54) is 29.2 Å². The molecule has 1 saturated heterocycles. The molecule has 0 radical (unpaired) electrons. The number of para-hydroxylation sites is 1. The fourth-order valence-corrected chi connectivity index (χ4v) is 3.58. The lowest BCUT2D eigenvalue weighted by Crippen LogP contribution is -2.27. The number of amides is 1. The fourth-order valence-electron chi connectivity index (χ4n) is 2.29. The molecule has 122 valence electrons. The van der Waals surface area contributed by atoms with Crippen LogP contribution in [0.25, 0.3) is 6.08 Å². The van der Waals surface area contributed by atoms with Crippen LogP contribution in [0.3, 0.4) is 0 Å². The van der Waals surface area contributed by atoms with E-state index in [1.807, 2.05) is 0 Å². The highest BCUT2D eigenvalue weighted by Crippen LogP contribution is 2.38. The minimum atomic E-state index is -4.49. The summed E-state index contributed by atoms with van der Waals surface area (Å²) in [5.41, 5.74) is -0.249. The number of thioether (sulfide) groups is 1. The normalized spacial score (nSPS) is 17.0. The topological polar surface area (TPSA) is 20.3 Å². The van der Waals surface area contributed by atoms with Crippen molar-refractivity contribution in [3.05, 3.63) is 70.6 Å². The summed E-state index contributed by atoms with van der Waals surface area (Å²) >= 11 is 6.20. The summed E-state index contributed by atoms with van der Waals surface area (Å²) in [7, 11) is 0. The van der Waals surface area contributed by atoms with Gasteiger partial charge in [0, 0.05) is 0 Å². The Balaban J connectivity index is 1.99. The molecule has 2 aromatic rings. The highest BCUT2D eigenvalue weighted by atomic mass is 32.2. The molecule has 24 heavy (non-hydrogen) atoms. The molecule has 1 fully saturated rings. The van der Waals surface area contributed by atoms with E-state index in [1.54, 1.807) is 30.3 Å². The predicted molar refractivity (Wildman–Crippen MR) is 93.5 cm³/mol. The molecule has 2 nitrogen and oxygen atoms in total. The molecule has 1 amide bonds. The lowest BCUT2D eigenvalue weighted by molar-refractivity contribution is -0.137. The van der Waals surface area contributed by atoms with Crippen LogP contribution >= 0.6 is 24.0 Å². The second-order valence-corrected chi connectivity index (χ2v) is 6.61. The smallest absolute Gasteiger partial charge is 0.268 e. The minimum Gasteiger partial charge on any atom is -0.268 e. The Bertz CT molecular complexity index is 831. The average molecular weight is 365 g/mol. The molecule has 0 aromatic heterocycles. The number of alkyl halides is 3. The number of carbonyl (C=O) groups excluding carboxylic acids is 1. The third-order valence-corrected chi connectivity index (χ3v) is 4.66. The van der Waals surface area contributed by atoms with Gasteiger partial charge in [-0.1, -0.05) is 60.4 Å². The van der Waals surface area contributed by atoms with Crippen molar-refractivity contribution < 1.29 is 18.0 Å². The van der Waals surface area contributed by atoms with E-state index in [4.69, 9.17) is 12.2 Å². The third-order valence-electron chi connectivity index (χ3n) is 3.36. The van der Waals surface area contributed by atoms with E-state index in [2.05, 4.69) is 0 Å². The van der Waals surface area contributed by atoms with Gasteiger partial charge in [-0.15, -0.1) is 0 Å². The number of carbonyl (C=O) groups is 1. The summed E-state index contributed by atoms with van der Waals surface area (Å²) in [6.45, 7) is 0. The zero-order valence-electron chi connectivity index (χ0n) is 12.1. The quantitative estimate of drug-likeness (QED) is 0.545. The number of nitrogens with zero attached hydrogens (tertiary/aromatic N) is 1.